The van der Waals surface area contributed by atoms with Gasteiger partial charge in [0.05, 0.1) is 23.4 Å². The van der Waals surface area contributed by atoms with E-state index in [1.54, 1.807) is 11.3 Å². The maximum absolute atomic E-state index is 13.1. The largest absolute Gasteiger partial charge is 0.378 e. The monoisotopic (exact) mass is 468 g/mol. The van der Waals surface area contributed by atoms with Crippen LogP contribution in [0.25, 0.3) is 10.2 Å². The molecule has 0 spiro atoms. The van der Waals surface area contributed by atoms with Gasteiger partial charge in [0.15, 0.2) is 5.13 Å². The van der Waals surface area contributed by atoms with Gasteiger partial charge in [0.1, 0.15) is 0 Å². The molecule has 2 N–H and O–H groups in total. The Morgan fingerprint density at radius 3 is 2.48 bits per heavy atom. The minimum absolute atomic E-state index is 0.0712. The average molecular weight is 469 g/mol. The smallest absolute Gasteiger partial charge is 0.226 e. The molecule has 7 rings (SSSR count). The number of ether oxygens (including phenoxy) is 1. The molecule has 0 unspecified atom stereocenters. The van der Waals surface area contributed by atoms with Crippen molar-refractivity contribution in [2.24, 2.45) is 23.2 Å². The van der Waals surface area contributed by atoms with Gasteiger partial charge in [-0.2, -0.15) is 0 Å². The molecule has 7 nitrogen and oxygen atoms in total. The summed E-state index contributed by atoms with van der Waals surface area (Å²) in [6.45, 7) is 3.58. The molecule has 4 bridgehead atoms. The summed E-state index contributed by atoms with van der Waals surface area (Å²) >= 11 is 1.64. The van der Waals surface area contributed by atoms with Gasteiger partial charge in [0.25, 0.3) is 0 Å². The molecule has 4 saturated carbocycles. The summed E-state index contributed by atoms with van der Waals surface area (Å²) in [5.41, 5.74) is 1.57. The molecule has 2 heterocycles. The Hall–Kier alpha value is -2.19. The van der Waals surface area contributed by atoms with Gasteiger partial charge in [-0.1, -0.05) is 11.3 Å². The molecule has 8 heteroatoms. The van der Waals surface area contributed by atoms with Gasteiger partial charge in [-0.3, -0.25) is 9.59 Å². The number of anilines is 2. The van der Waals surface area contributed by atoms with Crippen LogP contribution < -0.4 is 15.5 Å². The number of thiazole rings is 1. The Kier molecular flexibility index (Phi) is 5.53. The number of carbonyl (C=O) groups excluding carboxylic acids is 2. The van der Waals surface area contributed by atoms with Crippen molar-refractivity contribution in [1.29, 1.82) is 0 Å². The van der Waals surface area contributed by atoms with E-state index in [4.69, 9.17) is 9.72 Å². The summed E-state index contributed by atoms with van der Waals surface area (Å²) < 4.78 is 6.49. The van der Waals surface area contributed by atoms with Crippen molar-refractivity contribution >= 4 is 44.2 Å². The van der Waals surface area contributed by atoms with Crippen LogP contribution in [0.5, 0.6) is 0 Å². The molecular formula is C25H32N4O3S. The first kappa shape index (κ1) is 21.4. The third kappa shape index (κ3) is 4.23. The number of morpholine rings is 1. The van der Waals surface area contributed by atoms with Crippen LogP contribution in [0.1, 0.15) is 44.9 Å². The molecule has 1 aromatic carbocycles. The molecule has 5 aliphatic rings. The van der Waals surface area contributed by atoms with Crippen LogP contribution in [-0.2, 0) is 14.3 Å². The minimum atomic E-state index is -0.152. The lowest BCUT2D eigenvalue weighted by Crippen LogP contribution is -2.53. The summed E-state index contributed by atoms with van der Waals surface area (Å²) in [6, 6.07) is 5.85. The zero-order valence-electron chi connectivity index (χ0n) is 19.0. The summed E-state index contributed by atoms with van der Waals surface area (Å²) in [5.74, 6) is 2.36. The molecule has 5 fully saturated rings. The van der Waals surface area contributed by atoms with E-state index in [2.05, 4.69) is 15.5 Å². The number of hydrogen-bond acceptors (Lipinski definition) is 6. The predicted octanol–water partition coefficient (Wildman–Crippen LogP) is 3.79. The van der Waals surface area contributed by atoms with Crippen molar-refractivity contribution in [3.63, 3.8) is 0 Å². The maximum atomic E-state index is 13.1. The third-order valence-electron chi connectivity index (χ3n) is 8.10. The highest BCUT2D eigenvalue weighted by Crippen LogP contribution is 2.60. The number of nitrogens with one attached hydrogen (secondary N) is 2. The summed E-state index contributed by atoms with van der Waals surface area (Å²) in [7, 11) is 0. The van der Waals surface area contributed by atoms with Gasteiger partial charge in [0, 0.05) is 37.2 Å². The lowest BCUT2D eigenvalue weighted by molar-refractivity contribution is -0.146. The van der Waals surface area contributed by atoms with Gasteiger partial charge in [-0.05, 0) is 74.5 Å². The standard InChI is InChI=1S/C25H32N4O3S/c30-22(3-4-26-23(31)25-13-16-9-17(14-25)11-18(10-16)15-25)27-19-1-2-20-21(12-19)33-24(28-20)29-5-7-32-8-6-29/h1-2,12,16-18H,3-11,13-15H2,(H,26,31)(H,27,30). The van der Waals surface area contributed by atoms with Crippen LogP contribution in [0.3, 0.4) is 0 Å². The molecule has 0 atom stereocenters. The normalized spacial score (nSPS) is 30.5. The number of benzene rings is 1. The van der Waals surface area contributed by atoms with E-state index in [1.807, 2.05) is 18.2 Å². The van der Waals surface area contributed by atoms with Crippen LogP contribution >= 0.6 is 11.3 Å². The van der Waals surface area contributed by atoms with Gasteiger partial charge >= 0.3 is 0 Å². The molecular weight excluding hydrogens is 436 g/mol. The van der Waals surface area contributed by atoms with E-state index < -0.39 is 0 Å². The molecule has 1 aliphatic heterocycles. The molecule has 1 aromatic heterocycles. The van der Waals surface area contributed by atoms with Gasteiger partial charge in [0.2, 0.25) is 11.8 Å². The fourth-order valence-electron chi connectivity index (χ4n) is 6.97. The highest BCUT2D eigenvalue weighted by molar-refractivity contribution is 7.22. The molecule has 2 aromatic rings. The molecule has 2 amide bonds. The lowest BCUT2D eigenvalue weighted by Gasteiger charge is -2.55. The second-order valence-corrected chi connectivity index (χ2v) is 11.5. The SMILES string of the molecule is O=C(CCNC(=O)C12CC3CC(CC(C3)C1)C2)Nc1ccc2nc(N3CCOCC3)sc2c1. The molecule has 0 radical (unpaired) electrons. The highest BCUT2D eigenvalue weighted by Gasteiger charge is 2.54. The van der Waals surface area contributed by atoms with Gasteiger partial charge in [-0.15, -0.1) is 0 Å². The van der Waals surface area contributed by atoms with Crippen molar-refractivity contribution in [3.05, 3.63) is 18.2 Å². The lowest BCUT2D eigenvalue weighted by atomic mass is 9.49. The predicted molar refractivity (Wildman–Crippen MR) is 130 cm³/mol. The van der Waals surface area contributed by atoms with E-state index in [9.17, 15) is 9.59 Å². The molecule has 1 saturated heterocycles. The number of amides is 2. The average Bonchev–Trinajstić information content (AvgIpc) is 3.22. The second kappa shape index (κ2) is 8.55. The van der Waals surface area contributed by atoms with Crippen molar-refractivity contribution in [1.82, 2.24) is 10.3 Å². The Balaban J connectivity index is 1.02. The van der Waals surface area contributed by atoms with Crippen molar-refractivity contribution < 1.29 is 14.3 Å². The van der Waals surface area contributed by atoms with Crippen molar-refractivity contribution in [2.45, 2.75) is 44.9 Å². The van der Waals surface area contributed by atoms with E-state index >= 15 is 0 Å². The number of hydrogen-bond donors (Lipinski definition) is 2. The van der Waals surface area contributed by atoms with Crippen LogP contribution in [0.15, 0.2) is 18.2 Å². The molecule has 4 aliphatic carbocycles. The fourth-order valence-corrected chi connectivity index (χ4v) is 8.03. The Bertz CT molecular complexity index is 1030. The van der Waals surface area contributed by atoms with Crippen LogP contribution in [0.4, 0.5) is 10.8 Å². The number of rotatable bonds is 6. The van der Waals surface area contributed by atoms with E-state index in [1.165, 1.54) is 19.3 Å². The minimum Gasteiger partial charge on any atom is -0.378 e. The Labute approximate surface area is 198 Å². The van der Waals surface area contributed by atoms with Gasteiger partial charge in [-0.25, -0.2) is 4.98 Å². The van der Waals surface area contributed by atoms with E-state index in [0.717, 1.165) is 84.4 Å². The first-order chi connectivity index (χ1) is 16.1. The summed E-state index contributed by atoms with van der Waals surface area (Å²) in [4.78, 5) is 32.6. The van der Waals surface area contributed by atoms with Crippen molar-refractivity contribution in [3.8, 4) is 0 Å². The number of carbonyl (C=O) groups is 2. The van der Waals surface area contributed by atoms with E-state index in [-0.39, 0.29) is 23.7 Å². The maximum Gasteiger partial charge on any atom is 0.226 e. The summed E-state index contributed by atoms with van der Waals surface area (Å²) in [6.07, 6.45) is 7.43. The zero-order valence-corrected chi connectivity index (χ0v) is 19.8. The summed E-state index contributed by atoms with van der Waals surface area (Å²) in [5, 5.41) is 7.09. The number of fused-ring (bicyclic) bond motifs is 1. The van der Waals surface area contributed by atoms with E-state index in [0.29, 0.717) is 6.54 Å². The number of aromatic nitrogens is 1. The fraction of sp³-hybridized carbons (Fsp3) is 0.640. The molecule has 176 valence electrons. The number of nitrogens with zero attached hydrogens (tertiary/aromatic N) is 2. The van der Waals surface area contributed by atoms with Crippen LogP contribution in [0, 0.1) is 23.2 Å². The highest BCUT2D eigenvalue weighted by atomic mass is 32.1. The zero-order chi connectivity index (χ0) is 22.4. The van der Waals surface area contributed by atoms with Crippen LogP contribution in [-0.4, -0.2) is 49.6 Å². The Morgan fingerprint density at radius 1 is 1.09 bits per heavy atom. The second-order valence-electron chi connectivity index (χ2n) is 10.5. The van der Waals surface area contributed by atoms with Crippen LogP contribution in [0.2, 0.25) is 0 Å². The first-order valence-electron chi connectivity index (χ1n) is 12.4. The molecule has 33 heavy (non-hydrogen) atoms. The van der Waals surface area contributed by atoms with Gasteiger partial charge < -0.3 is 20.3 Å². The Morgan fingerprint density at radius 2 is 1.79 bits per heavy atom. The first-order valence-corrected chi connectivity index (χ1v) is 13.2. The topological polar surface area (TPSA) is 83.6 Å². The van der Waals surface area contributed by atoms with Crippen molar-refractivity contribution in [2.75, 3.05) is 43.1 Å². The quantitative estimate of drug-likeness (QED) is 0.674. The third-order valence-corrected chi connectivity index (χ3v) is 9.18.